The Labute approximate surface area is 188 Å². The first-order chi connectivity index (χ1) is 15.0. The van der Waals surface area contributed by atoms with Gasteiger partial charge in [0.15, 0.2) is 0 Å². The maximum Gasteiger partial charge on any atom is 0.261 e. The van der Waals surface area contributed by atoms with Gasteiger partial charge in [0.05, 0.1) is 10.9 Å². The molecule has 31 heavy (non-hydrogen) atoms. The molecule has 3 fully saturated rings. The van der Waals surface area contributed by atoms with Crippen LogP contribution in [0.25, 0.3) is 22.3 Å². The average Bonchev–Trinajstić information content (AvgIpc) is 3.09. The molecule has 3 saturated heterocycles. The first-order valence-electron chi connectivity index (χ1n) is 11.3. The van der Waals surface area contributed by atoms with Crippen LogP contribution in [0.5, 0.6) is 0 Å². The summed E-state index contributed by atoms with van der Waals surface area (Å²) in [6.45, 7) is 9.34. The highest BCUT2D eigenvalue weighted by Crippen LogP contribution is 2.29. The lowest BCUT2D eigenvalue weighted by Gasteiger charge is -2.33. The van der Waals surface area contributed by atoms with E-state index in [9.17, 15) is 4.79 Å². The van der Waals surface area contributed by atoms with Gasteiger partial charge in [-0.15, -0.1) is 0 Å². The van der Waals surface area contributed by atoms with E-state index in [2.05, 4.69) is 35.8 Å². The molecular weight excluding hydrogens is 408 g/mol. The van der Waals surface area contributed by atoms with Gasteiger partial charge in [-0.05, 0) is 49.1 Å². The monoisotopic (exact) mass is 436 g/mol. The first kappa shape index (κ1) is 20.5. The molecule has 6 heteroatoms. The van der Waals surface area contributed by atoms with E-state index >= 15 is 0 Å². The fourth-order valence-corrected chi connectivity index (χ4v) is 5.19. The van der Waals surface area contributed by atoms with Gasteiger partial charge in [0.25, 0.3) is 5.56 Å². The zero-order valence-electron chi connectivity index (χ0n) is 18.2. The molecule has 0 spiro atoms. The molecule has 0 atom stereocenters. The highest BCUT2D eigenvalue weighted by Gasteiger charge is 2.29. The molecule has 0 aliphatic carbocycles. The van der Waals surface area contributed by atoms with E-state index in [1.165, 1.54) is 25.9 Å². The van der Waals surface area contributed by atoms with E-state index in [1.807, 2.05) is 34.9 Å². The standard InChI is InChI=1S/C25H29ClN4O/c1-17(2)16-30-24(18-4-3-5-19(26)14-18)27-23-7-6-21(15-22(23)25(30)31)29-13-12-28-10-8-20(29)9-11-28/h3-7,14-15,17,20H,8-13,16H2,1-2H3. The quantitative estimate of drug-likeness (QED) is 0.596. The van der Waals surface area contributed by atoms with Gasteiger partial charge in [-0.3, -0.25) is 9.36 Å². The predicted octanol–water partition coefficient (Wildman–Crippen LogP) is 4.66. The predicted molar refractivity (Wildman–Crippen MR) is 128 cm³/mol. The van der Waals surface area contributed by atoms with Crippen LogP contribution < -0.4 is 10.5 Å². The molecule has 0 saturated carbocycles. The lowest BCUT2D eigenvalue weighted by Crippen LogP contribution is -2.38. The van der Waals surface area contributed by atoms with Crippen molar-refractivity contribution >= 4 is 28.2 Å². The number of aromatic nitrogens is 2. The molecule has 3 aliphatic rings. The Balaban J connectivity index is 1.64. The summed E-state index contributed by atoms with van der Waals surface area (Å²) in [7, 11) is 0. The van der Waals surface area contributed by atoms with E-state index in [0.29, 0.717) is 34.7 Å². The van der Waals surface area contributed by atoms with E-state index in [0.717, 1.165) is 29.9 Å². The van der Waals surface area contributed by atoms with Gasteiger partial charge in [0.1, 0.15) is 5.82 Å². The molecule has 0 N–H and O–H groups in total. The van der Waals surface area contributed by atoms with Crippen molar-refractivity contribution < 1.29 is 0 Å². The summed E-state index contributed by atoms with van der Waals surface area (Å²) in [5.74, 6) is 1.01. The number of fused-ring (bicyclic) bond motifs is 5. The smallest absolute Gasteiger partial charge is 0.261 e. The number of benzene rings is 2. The van der Waals surface area contributed by atoms with E-state index < -0.39 is 0 Å². The third kappa shape index (κ3) is 3.97. The number of halogens is 1. The Morgan fingerprint density at radius 2 is 1.87 bits per heavy atom. The van der Waals surface area contributed by atoms with Crippen molar-refractivity contribution in [2.24, 2.45) is 5.92 Å². The number of piperidine rings is 1. The Kier molecular flexibility index (Phi) is 5.49. The molecule has 0 amide bonds. The summed E-state index contributed by atoms with van der Waals surface area (Å²) in [5.41, 5.74) is 2.78. The molecule has 0 radical (unpaired) electrons. The second-order valence-corrected chi connectivity index (χ2v) is 9.66. The molecular formula is C25H29ClN4O. The van der Waals surface area contributed by atoms with Crippen LogP contribution >= 0.6 is 11.6 Å². The molecule has 2 bridgehead atoms. The van der Waals surface area contributed by atoms with E-state index in [-0.39, 0.29) is 5.56 Å². The minimum absolute atomic E-state index is 0.0263. The summed E-state index contributed by atoms with van der Waals surface area (Å²) in [6, 6.07) is 14.4. The van der Waals surface area contributed by atoms with Crippen molar-refractivity contribution in [2.45, 2.75) is 39.3 Å². The van der Waals surface area contributed by atoms with Gasteiger partial charge >= 0.3 is 0 Å². The van der Waals surface area contributed by atoms with Crippen molar-refractivity contribution in [3.63, 3.8) is 0 Å². The number of rotatable bonds is 4. The van der Waals surface area contributed by atoms with Crippen LogP contribution in [0.4, 0.5) is 5.69 Å². The summed E-state index contributed by atoms with van der Waals surface area (Å²) >= 11 is 6.24. The van der Waals surface area contributed by atoms with Gasteiger partial charge < -0.3 is 9.80 Å². The highest BCUT2D eigenvalue weighted by molar-refractivity contribution is 6.30. The zero-order chi connectivity index (χ0) is 21.5. The van der Waals surface area contributed by atoms with Gasteiger partial charge in [-0.2, -0.15) is 0 Å². The van der Waals surface area contributed by atoms with Crippen LogP contribution in [0.2, 0.25) is 5.02 Å². The molecule has 5 nitrogen and oxygen atoms in total. The topological polar surface area (TPSA) is 41.4 Å². The van der Waals surface area contributed by atoms with E-state index in [4.69, 9.17) is 16.6 Å². The number of hydrogen-bond donors (Lipinski definition) is 0. The maximum absolute atomic E-state index is 13.7. The first-order valence-corrected chi connectivity index (χ1v) is 11.7. The SMILES string of the molecule is CC(C)Cn1c(-c2cccc(Cl)c2)nc2ccc(N3CCN4CCC3CC4)cc2c1=O. The van der Waals surface area contributed by atoms with Crippen LogP contribution in [0.15, 0.2) is 47.3 Å². The minimum atomic E-state index is 0.0263. The molecule has 2 aromatic carbocycles. The summed E-state index contributed by atoms with van der Waals surface area (Å²) in [4.78, 5) is 23.6. The van der Waals surface area contributed by atoms with Crippen molar-refractivity contribution in [1.82, 2.24) is 14.5 Å². The third-order valence-corrected chi connectivity index (χ3v) is 6.79. The number of anilines is 1. The maximum atomic E-state index is 13.7. The van der Waals surface area contributed by atoms with Gasteiger partial charge in [0, 0.05) is 55.0 Å². The van der Waals surface area contributed by atoms with Crippen molar-refractivity contribution in [1.29, 1.82) is 0 Å². The summed E-state index contributed by atoms with van der Waals surface area (Å²) in [5, 5.41) is 1.34. The van der Waals surface area contributed by atoms with Crippen LogP contribution in [0, 0.1) is 5.92 Å². The van der Waals surface area contributed by atoms with E-state index in [1.54, 1.807) is 0 Å². The molecule has 0 unspecified atom stereocenters. The molecule has 1 aromatic heterocycles. The van der Waals surface area contributed by atoms with Gasteiger partial charge in [-0.25, -0.2) is 4.98 Å². The second kappa shape index (κ2) is 8.29. The Morgan fingerprint density at radius 3 is 2.61 bits per heavy atom. The van der Waals surface area contributed by atoms with Crippen molar-refractivity contribution in [3.8, 4) is 11.4 Å². The minimum Gasteiger partial charge on any atom is -0.367 e. The second-order valence-electron chi connectivity index (χ2n) is 9.22. The fourth-order valence-electron chi connectivity index (χ4n) is 5.00. The number of nitrogens with zero attached hydrogens (tertiary/aromatic N) is 4. The summed E-state index contributed by atoms with van der Waals surface area (Å²) < 4.78 is 1.82. The van der Waals surface area contributed by atoms with Crippen molar-refractivity contribution in [2.75, 3.05) is 31.1 Å². The van der Waals surface area contributed by atoms with Crippen molar-refractivity contribution in [3.05, 3.63) is 57.8 Å². The van der Waals surface area contributed by atoms with Gasteiger partial charge in [0.2, 0.25) is 0 Å². The lowest BCUT2D eigenvalue weighted by atomic mass is 10.0. The van der Waals surface area contributed by atoms with Crippen LogP contribution in [0.3, 0.4) is 0 Å². The molecule has 162 valence electrons. The average molecular weight is 437 g/mol. The third-order valence-electron chi connectivity index (χ3n) is 6.55. The molecule has 6 rings (SSSR count). The Hall–Kier alpha value is -2.37. The van der Waals surface area contributed by atoms with Crippen LogP contribution in [0.1, 0.15) is 26.7 Å². The lowest BCUT2D eigenvalue weighted by molar-refractivity contribution is 0.250. The largest absolute Gasteiger partial charge is 0.367 e. The Morgan fingerprint density at radius 1 is 1.06 bits per heavy atom. The highest BCUT2D eigenvalue weighted by atomic mass is 35.5. The fraction of sp³-hybridized carbons (Fsp3) is 0.440. The summed E-state index contributed by atoms with van der Waals surface area (Å²) in [6.07, 6.45) is 2.39. The van der Waals surface area contributed by atoms with Crippen LogP contribution in [-0.4, -0.2) is 46.7 Å². The molecule has 3 aliphatic heterocycles. The van der Waals surface area contributed by atoms with Crippen LogP contribution in [-0.2, 0) is 6.54 Å². The Bertz CT molecular complexity index is 1160. The number of hydrogen-bond acceptors (Lipinski definition) is 4. The molecule has 4 heterocycles. The zero-order valence-corrected chi connectivity index (χ0v) is 19.0. The molecule has 3 aromatic rings. The normalized spacial score (nSPS) is 21.1. The van der Waals surface area contributed by atoms with Gasteiger partial charge in [-0.1, -0.05) is 37.6 Å².